The summed E-state index contributed by atoms with van der Waals surface area (Å²) in [5, 5.41) is 0. The van der Waals surface area contributed by atoms with E-state index in [0.717, 1.165) is 39.0 Å². The molecule has 2 aliphatic rings. The van der Waals surface area contributed by atoms with Crippen LogP contribution in [0.3, 0.4) is 0 Å². The molecule has 5 heteroatoms. The van der Waals surface area contributed by atoms with Crippen LogP contribution in [-0.4, -0.2) is 72.3 Å². The molecule has 27 heavy (non-hydrogen) atoms. The molecule has 0 aliphatic carbocycles. The lowest BCUT2D eigenvalue weighted by atomic mass is 10.1. The van der Waals surface area contributed by atoms with Gasteiger partial charge in [-0.3, -0.25) is 9.59 Å². The molecule has 3 rings (SSSR count). The van der Waals surface area contributed by atoms with Crippen LogP contribution >= 0.6 is 0 Å². The van der Waals surface area contributed by atoms with Gasteiger partial charge in [0.2, 0.25) is 11.8 Å². The van der Waals surface area contributed by atoms with Gasteiger partial charge in [-0.15, -0.1) is 0 Å². The molecule has 0 radical (unpaired) electrons. The largest absolute Gasteiger partial charge is 0.340 e. The van der Waals surface area contributed by atoms with Crippen LogP contribution in [0.5, 0.6) is 0 Å². The Labute approximate surface area is 163 Å². The van der Waals surface area contributed by atoms with E-state index in [1.165, 1.54) is 24.8 Å². The number of aryl methyl sites for hydroxylation is 1. The molecular formula is C22H33N3O2. The van der Waals surface area contributed by atoms with Crippen molar-refractivity contribution in [2.24, 2.45) is 0 Å². The van der Waals surface area contributed by atoms with Gasteiger partial charge < -0.3 is 14.7 Å². The van der Waals surface area contributed by atoms with Crippen LogP contribution in [0, 0.1) is 0 Å². The Balaban J connectivity index is 1.39. The Bertz CT molecular complexity index is 599. The first-order valence-electron chi connectivity index (χ1n) is 10.5. The van der Waals surface area contributed by atoms with Crippen molar-refractivity contribution in [1.29, 1.82) is 0 Å². The second kappa shape index (κ2) is 10.5. The average molecular weight is 372 g/mol. The zero-order chi connectivity index (χ0) is 18.9. The molecular weight excluding hydrogens is 338 g/mol. The maximum absolute atomic E-state index is 12.5. The number of benzene rings is 1. The summed E-state index contributed by atoms with van der Waals surface area (Å²) in [4.78, 5) is 31.3. The van der Waals surface area contributed by atoms with E-state index in [4.69, 9.17) is 0 Å². The number of amides is 2. The van der Waals surface area contributed by atoms with Crippen LogP contribution in [0.25, 0.3) is 0 Å². The van der Waals surface area contributed by atoms with Crippen LogP contribution in [0.2, 0.25) is 0 Å². The predicted molar refractivity (Wildman–Crippen MR) is 107 cm³/mol. The fourth-order valence-electron chi connectivity index (χ4n) is 4.04. The first-order chi connectivity index (χ1) is 13.2. The Morgan fingerprint density at radius 3 is 2.44 bits per heavy atom. The summed E-state index contributed by atoms with van der Waals surface area (Å²) in [7, 11) is 0. The maximum atomic E-state index is 12.5. The lowest BCUT2D eigenvalue weighted by Crippen LogP contribution is -2.41. The molecule has 0 atom stereocenters. The highest BCUT2D eigenvalue weighted by molar-refractivity contribution is 5.80. The number of hydrogen-bond acceptors (Lipinski definition) is 3. The van der Waals surface area contributed by atoms with E-state index < -0.39 is 0 Å². The molecule has 2 saturated heterocycles. The van der Waals surface area contributed by atoms with Gasteiger partial charge >= 0.3 is 0 Å². The van der Waals surface area contributed by atoms with Crippen LogP contribution in [0.1, 0.15) is 44.1 Å². The molecule has 1 aromatic carbocycles. The van der Waals surface area contributed by atoms with E-state index in [0.29, 0.717) is 32.5 Å². The minimum atomic E-state index is 0.191. The fourth-order valence-corrected chi connectivity index (χ4v) is 4.04. The van der Waals surface area contributed by atoms with Gasteiger partial charge in [0.25, 0.3) is 0 Å². The van der Waals surface area contributed by atoms with Gasteiger partial charge in [-0.2, -0.15) is 0 Å². The molecule has 2 amide bonds. The molecule has 2 fully saturated rings. The van der Waals surface area contributed by atoms with E-state index in [1.807, 2.05) is 28.0 Å². The summed E-state index contributed by atoms with van der Waals surface area (Å²) < 4.78 is 0. The second-order valence-corrected chi connectivity index (χ2v) is 7.75. The SMILES string of the molecule is O=C(CCCc1ccccc1)N1CCC(=O)N(CCN2CCCCC2)CC1. The lowest BCUT2D eigenvalue weighted by molar-refractivity contribution is -0.131. The highest BCUT2D eigenvalue weighted by Crippen LogP contribution is 2.12. The van der Waals surface area contributed by atoms with Crippen molar-refractivity contribution < 1.29 is 9.59 Å². The average Bonchev–Trinajstić information content (AvgIpc) is 2.89. The van der Waals surface area contributed by atoms with Crippen molar-refractivity contribution in [1.82, 2.24) is 14.7 Å². The van der Waals surface area contributed by atoms with Crippen molar-refractivity contribution in [3.8, 4) is 0 Å². The quantitative estimate of drug-likeness (QED) is 0.740. The van der Waals surface area contributed by atoms with Gasteiger partial charge in [0.05, 0.1) is 0 Å². The third-order valence-corrected chi connectivity index (χ3v) is 5.77. The predicted octanol–water partition coefficient (Wildman–Crippen LogP) is 2.56. The molecule has 1 aromatic rings. The van der Waals surface area contributed by atoms with Crippen molar-refractivity contribution in [2.45, 2.75) is 44.9 Å². The summed E-state index contributed by atoms with van der Waals surface area (Å²) >= 11 is 0. The molecule has 5 nitrogen and oxygen atoms in total. The molecule has 0 unspecified atom stereocenters. The molecule has 2 aliphatic heterocycles. The summed E-state index contributed by atoms with van der Waals surface area (Å²) in [6, 6.07) is 10.3. The van der Waals surface area contributed by atoms with Crippen LogP contribution < -0.4 is 0 Å². The number of likely N-dealkylation sites (tertiary alicyclic amines) is 1. The normalized spacial score (nSPS) is 19.2. The zero-order valence-electron chi connectivity index (χ0n) is 16.4. The van der Waals surface area contributed by atoms with E-state index in [2.05, 4.69) is 17.0 Å². The van der Waals surface area contributed by atoms with Crippen molar-refractivity contribution in [2.75, 3.05) is 45.8 Å². The van der Waals surface area contributed by atoms with Gasteiger partial charge in [-0.05, 0) is 44.3 Å². The lowest BCUT2D eigenvalue weighted by Gasteiger charge is -2.29. The Morgan fingerprint density at radius 1 is 0.889 bits per heavy atom. The standard InChI is InChI=1S/C22H33N3O2/c26-21(11-7-10-20-8-3-1-4-9-20)24-15-12-22(27)25(19-18-24)17-16-23-13-5-2-6-14-23/h1,3-4,8-9H,2,5-7,10-19H2. The molecule has 0 spiro atoms. The van der Waals surface area contributed by atoms with Crippen LogP contribution in [0.4, 0.5) is 0 Å². The van der Waals surface area contributed by atoms with Crippen LogP contribution in [0.15, 0.2) is 30.3 Å². The van der Waals surface area contributed by atoms with Crippen molar-refractivity contribution in [3.63, 3.8) is 0 Å². The van der Waals surface area contributed by atoms with Gasteiger partial charge in [0.1, 0.15) is 0 Å². The third kappa shape index (κ3) is 6.35. The van der Waals surface area contributed by atoms with Gasteiger partial charge in [0, 0.05) is 45.6 Å². The topological polar surface area (TPSA) is 43.9 Å². The Hall–Kier alpha value is -1.88. The summed E-state index contributed by atoms with van der Waals surface area (Å²) in [6.45, 7) is 6.02. The number of carbonyl (C=O) groups excluding carboxylic acids is 2. The fraction of sp³-hybridized carbons (Fsp3) is 0.636. The monoisotopic (exact) mass is 371 g/mol. The van der Waals surface area contributed by atoms with E-state index >= 15 is 0 Å². The molecule has 0 N–H and O–H groups in total. The molecule has 148 valence electrons. The molecule has 0 saturated carbocycles. The summed E-state index contributed by atoms with van der Waals surface area (Å²) in [5.74, 6) is 0.392. The summed E-state index contributed by atoms with van der Waals surface area (Å²) in [6.07, 6.45) is 6.72. The maximum Gasteiger partial charge on any atom is 0.224 e. The Kier molecular flexibility index (Phi) is 7.69. The number of rotatable bonds is 7. The van der Waals surface area contributed by atoms with E-state index in [1.54, 1.807) is 0 Å². The minimum Gasteiger partial charge on any atom is -0.340 e. The highest BCUT2D eigenvalue weighted by Gasteiger charge is 2.24. The smallest absolute Gasteiger partial charge is 0.224 e. The minimum absolute atomic E-state index is 0.191. The first-order valence-corrected chi connectivity index (χ1v) is 10.5. The van der Waals surface area contributed by atoms with Crippen molar-refractivity contribution >= 4 is 11.8 Å². The van der Waals surface area contributed by atoms with Gasteiger partial charge in [-0.1, -0.05) is 36.8 Å². The number of nitrogens with zero attached hydrogens (tertiary/aromatic N) is 3. The molecule has 0 bridgehead atoms. The molecule has 0 aromatic heterocycles. The second-order valence-electron chi connectivity index (χ2n) is 7.75. The van der Waals surface area contributed by atoms with Crippen LogP contribution in [-0.2, 0) is 16.0 Å². The first kappa shape index (κ1) is 19.9. The Morgan fingerprint density at radius 2 is 1.67 bits per heavy atom. The molecule has 2 heterocycles. The van der Waals surface area contributed by atoms with Gasteiger partial charge in [-0.25, -0.2) is 0 Å². The number of piperidine rings is 1. The number of carbonyl (C=O) groups is 2. The van der Waals surface area contributed by atoms with Crippen molar-refractivity contribution in [3.05, 3.63) is 35.9 Å². The summed E-state index contributed by atoms with van der Waals surface area (Å²) in [5.41, 5.74) is 1.28. The van der Waals surface area contributed by atoms with E-state index in [9.17, 15) is 9.59 Å². The van der Waals surface area contributed by atoms with E-state index in [-0.39, 0.29) is 11.8 Å². The van der Waals surface area contributed by atoms with Gasteiger partial charge in [0.15, 0.2) is 0 Å². The number of hydrogen-bond donors (Lipinski definition) is 0. The third-order valence-electron chi connectivity index (χ3n) is 5.77. The zero-order valence-corrected chi connectivity index (χ0v) is 16.4. The highest BCUT2D eigenvalue weighted by atomic mass is 16.2.